The van der Waals surface area contributed by atoms with Gasteiger partial charge in [0.1, 0.15) is 0 Å². The van der Waals surface area contributed by atoms with E-state index in [1.807, 2.05) is 6.08 Å². The molecular weight excluding hydrogens is 232 g/mol. The zero-order valence-corrected chi connectivity index (χ0v) is 11.9. The molecule has 0 aliphatic carbocycles. The lowest BCUT2D eigenvalue weighted by atomic mass is 9.86. The van der Waals surface area contributed by atoms with Crippen molar-refractivity contribution in [1.29, 1.82) is 0 Å². The second kappa shape index (κ2) is 6.03. The van der Waals surface area contributed by atoms with Gasteiger partial charge in [-0.2, -0.15) is 0 Å². The molecule has 0 saturated carbocycles. The predicted octanol–water partition coefficient (Wildman–Crippen LogP) is 4.19. The summed E-state index contributed by atoms with van der Waals surface area (Å²) in [6.45, 7) is 8.31. The molecule has 0 unspecified atom stereocenters. The number of hydrogen-bond donors (Lipinski definition) is 1. The number of allylic oxidation sites excluding steroid dienone is 1. The van der Waals surface area contributed by atoms with Gasteiger partial charge in [0.2, 0.25) is 0 Å². The normalized spacial score (nSPS) is 10.9. The van der Waals surface area contributed by atoms with E-state index in [1.165, 1.54) is 27.5 Å². The van der Waals surface area contributed by atoms with Gasteiger partial charge in [0.25, 0.3) is 0 Å². The van der Waals surface area contributed by atoms with Crippen molar-refractivity contribution in [3.05, 3.63) is 59.2 Å². The van der Waals surface area contributed by atoms with Crippen molar-refractivity contribution in [2.45, 2.75) is 39.7 Å². The summed E-state index contributed by atoms with van der Waals surface area (Å²) >= 11 is 0. The van der Waals surface area contributed by atoms with Gasteiger partial charge in [-0.05, 0) is 52.3 Å². The quantitative estimate of drug-likeness (QED) is 0.793. The van der Waals surface area contributed by atoms with Crippen LogP contribution in [0.5, 0.6) is 0 Å². The topological polar surface area (TPSA) is 20.2 Å². The summed E-state index contributed by atoms with van der Waals surface area (Å²) in [4.78, 5) is 0. The Balaban J connectivity index is 2.92. The zero-order chi connectivity index (χ0) is 13.8. The molecule has 0 aliphatic heterocycles. The van der Waals surface area contributed by atoms with Crippen LogP contribution in [0.1, 0.15) is 36.1 Å². The highest BCUT2D eigenvalue weighted by Crippen LogP contribution is 2.32. The first kappa shape index (κ1) is 13.8. The van der Waals surface area contributed by atoms with Crippen molar-refractivity contribution in [2.24, 2.45) is 0 Å². The number of aliphatic hydroxyl groups excluding tert-OH is 1. The smallest absolute Gasteiger partial charge is 0.0687 e. The Morgan fingerprint density at radius 2 is 1.47 bits per heavy atom. The predicted molar refractivity (Wildman–Crippen MR) is 82.5 cm³/mol. The van der Waals surface area contributed by atoms with Gasteiger partial charge in [0, 0.05) is 0 Å². The van der Waals surface area contributed by atoms with Crippen LogP contribution in [0.25, 0.3) is 10.8 Å². The molecule has 0 saturated heterocycles. The molecule has 100 valence electrons. The SMILES string of the molecule is C=CCc1c(CO)c(CC)c2ccccc2c1CC. The lowest BCUT2D eigenvalue weighted by molar-refractivity contribution is 0.279. The summed E-state index contributed by atoms with van der Waals surface area (Å²) in [6.07, 6.45) is 4.70. The van der Waals surface area contributed by atoms with Crippen LogP contribution in [-0.2, 0) is 25.9 Å². The lowest BCUT2D eigenvalue weighted by Gasteiger charge is -2.20. The summed E-state index contributed by atoms with van der Waals surface area (Å²) in [5.41, 5.74) is 5.03. The van der Waals surface area contributed by atoms with Crippen molar-refractivity contribution < 1.29 is 5.11 Å². The van der Waals surface area contributed by atoms with Gasteiger partial charge in [0.15, 0.2) is 0 Å². The first-order chi connectivity index (χ1) is 9.28. The second-order valence-electron chi connectivity index (χ2n) is 4.82. The van der Waals surface area contributed by atoms with Crippen LogP contribution in [0.2, 0.25) is 0 Å². The molecule has 0 heterocycles. The first-order valence-corrected chi connectivity index (χ1v) is 7.04. The van der Waals surface area contributed by atoms with E-state index in [9.17, 15) is 5.11 Å². The average Bonchev–Trinajstić information content (AvgIpc) is 2.46. The molecule has 2 rings (SSSR count). The molecule has 0 fully saturated rings. The molecule has 1 nitrogen and oxygen atoms in total. The Hall–Kier alpha value is -1.60. The van der Waals surface area contributed by atoms with Crippen LogP contribution in [0, 0.1) is 0 Å². The maximum atomic E-state index is 9.80. The number of rotatable bonds is 5. The fourth-order valence-electron chi connectivity index (χ4n) is 3.09. The van der Waals surface area contributed by atoms with Crippen LogP contribution in [0.4, 0.5) is 0 Å². The maximum Gasteiger partial charge on any atom is 0.0687 e. The Morgan fingerprint density at radius 1 is 0.947 bits per heavy atom. The summed E-state index contributed by atoms with van der Waals surface area (Å²) in [6, 6.07) is 8.54. The summed E-state index contributed by atoms with van der Waals surface area (Å²) in [5.74, 6) is 0. The molecule has 2 aromatic carbocycles. The van der Waals surface area contributed by atoms with E-state index >= 15 is 0 Å². The average molecular weight is 254 g/mol. The van der Waals surface area contributed by atoms with Gasteiger partial charge in [-0.1, -0.05) is 44.2 Å². The summed E-state index contributed by atoms with van der Waals surface area (Å²) in [7, 11) is 0. The highest BCUT2D eigenvalue weighted by Gasteiger charge is 2.15. The van der Waals surface area contributed by atoms with E-state index in [2.05, 4.69) is 44.7 Å². The van der Waals surface area contributed by atoms with Crippen LogP contribution in [0.3, 0.4) is 0 Å². The van der Waals surface area contributed by atoms with Crippen LogP contribution in [-0.4, -0.2) is 5.11 Å². The maximum absolute atomic E-state index is 9.80. The fraction of sp³-hybridized carbons (Fsp3) is 0.333. The Labute approximate surface area is 115 Å². The number of fused-ring (bicyclic) bond motifs is 1. The fourth-order valence-corrected chi connectivity index (χ4v) is 3.09. The monoisotopic (exact) mass is 254 g/mol. The standard InChI is InChI=1S/C18H22O/c1-4-9-15-13(5-2)16-10-7-8-11-17(16)14(6-3)18(15)12-19/h4,7-8,10-11,19H,1,5-6,9,12H2,2-3H3. The van der Waals surface area contributed by atoms with E-state index in [-0.39, 0.29) is 6.61 Å². The Bertz CT molecular complexity index is 596. The van der Waals surface area contributed by atoms with Gasteiger partial charge in [0.05, 0.1) is 6.61 Å². The molecule has 0 amide bonds. The third-order valence-electron chi connectivity index (χ3n) is 3.88. The number of benzene rings is 2. The molecule has 1 heteroatoms. The minimum Gasteiger partial charge on any atom is -0.392 e. The highest BCUT2D eigenvalue weighted by molar-refractivity contribution is 5.91. The number of aryl methyl sites for hydroxylation is 2. The van der Waals surface area contributed by atoms with Gasteiger partial charge in [-0.3, -0.25) is 0 Å². The summed E-state index contributed by atoms with van der Waals surface area (Å²) in [5, 5.41) is 12.4. The highest BCUT2D eigenvalue weighted by atomic mass is 16.3. The Kier molecular flexibility index (Phi) is 4.39. The molecular formula is C18H22O. The van der Waals surface area contributed by atoms with Gasteiger partial charge in [-0.15, -0.1) is 6.58 Å². The summed E-state index contributed by atoms with van der Waals surface area (Å²) < 4.78 is 0. The van der Waals surface area contributed by atoms with Crippen LogP contribution < -0.4 is 0 Å². The van der Waals surface area contributed by atoms with Crippen LogP contribution in [0.15, 0.2) is 36.9 Å². The third kappa shape index (κ3) is 2.31. The number of hydrogen-bond acceptors (Lipinski definition) is 1. The van der Waals surface area contributed by atoms with Gasteiger partial charge < -0.3 is 5.11 Å². The van der Waals surface area contributed by atoms with E-state index in [4.69, 9.17) is 0 Å². The van der Waals surface area contributed by atoms with Crippen molar-refractivity contribution >= 4 is 10.8 Å². The van der Waals surface area contributed by atoms with Crippen molar-refractivity contribution in [3.8, 4) is 0 Å². The van der Waals surface area contributed by atoms with E-state index in [1.54, 1.807) is 0 Å². The molecule has 0 aliphatic rings. The van der Waals surface area contributed by atoms with E-state index in [0.29, 0.717) is 0 Å². The molecule has 0 bridgehead atoms. The Morgan fingerprint density at radius 3 is 1.89 bits per heavy atom. The minimum atomic E-state index is 0.115. The number of aliphatic hydroxyl groups is 1. The lowest BCUT2D eigenvalue weighted by Crippen LogP contribution is -2.05. The molecule has 19 heavy (non-hydrogen) atoms. The van der Waals surface area contributed by atoms with E-state index in [0.717, 1.165) is 24.8 Å². The second-order valence-corrected chi connectivity index (χ2v) is 4.82. The van der Waals surface area contributed by atoms with E-state index < -0.39 is 0 Å². The van der Waals surface area contributed by atoms with Gasteiger partial charge >= 0.3 is 0 Å². The molecule has 0 radical (unpaired) electrons. The molecule has 0 spiro atoms. The minimum absolute atomic E-state index is 0.115. The zero-order valence-electron chi connectivity index (χ0n) is 11.9. The molecule has 0 atom stereocenters. The molecule has 1 N–H and O–H groups in total. The molecule has 2 aromatic rings. The largest absolute Gasteiger partial charge is 0.392 e. The van der Waals surface area contributed by atoms with Gasteiger partial charge in [-0.25, -0.2) is 0 Å². The molecule has 0 aromatic heterocycles. The van der Waals surface area contributed by atoms with Crippen molar-refractivity contribution in [3.63, 3.8) is 0 Å². The first-order valence-electron chi connectivity index (χ1n) is 7.04. The van der Waals surface area contributed by atoms with Crippen molar-refractivity contribution in [2.75, 3.05) is 0 Å². The third-order valence-corrected chi connectivity index (χ3v) is 3.88. The van der Waals surface area contributed by atoms with Crippen molar-refractivity contribution in [1.82, 2.24) is 0 Å². The van der Waals surface area contributed by atoms with Crippen LogP contribution >= 0.6 is 0 Å².